The van der Waals surface area contributed by atoms with E-state index < -0.39 is 5.60 Å². The molecule has 0 spiro atoms. The number of phenols is 1. The average molecular weight is 522 g/mol. The van der Waals surface area contributed by atoms with Gasteiger partial charge < -0.3 is 19.4 Å². The highest BCUT2D eigenvalue weighted by molar-refractivity contribution is 6.29. The van der Waals surface area contributed by atoms with Crippen LogP contribution in [0.3, 0.4) is 0 Å². The maximum atomic E-state index is 13.0. The number of anilines is 1. The van der Waals surface area contributed by atoms with Crippen LogP contribution in [0, 0.1) is 17.2 Å². The molecule has 1 N–H and O–H groups in total. The number of rotatable bonds is 5. The van der Waals surface area contributed by atoms with E-state index in [0.29, 0.717) is 27.4 Å². The van der Waals surface area contributed by atoms with Crippen LogP contribution < -0.4 is 10.5 Å². The van der Waals surface area contributed by atoms with Crippen molar-refractivity contribution in [2.24, 2.45) is 18.1 Å². The van der Waals surface area contributed by atoms with Gasteiger partial charge in [-0.2, -0.15) is 5.26 Å². The van der Waals surface area contributed by atoms with Gasteiger partial charge in [-0.3, -0.25) is 4.79 Å². The van der Waals surface area contributed by atoms with Gasteiger partial charge in [0, 0.05) is 31.6 Å². The second kappa shape index (κ2) is 10.4. The largest absolute Gasteiger partial charge is 0.507 e. The molecule has 4 rings (SSSR count). The van der Waals surface area contributed by atoms with Crippen LogP contribution in [0.15, 0.2) is 46.3 Å². The number of phenolic OH excluding ortho intramolecular Hbond substituents is 1. The Morgan fingerprint density at radius 2 is 1.89 bits per heavy atom. The lowest BCUT2D eigenvalue weighted by Crippen LogP contribution is -2.39. The van der Waals surface area contributed by atoms with E-state index in [1.807, 2.05) is 44.9 Å². The lowest BCUT2D eigenvalue weighted by molar-refractivity contribution is -0.0000583. The zero-order valence-corrected chi connectivity index (χ0v) is 22.6. The van der Waals surface area contributed by atoms with Gasteiger partial charge in [-0.25, -0.2) is 4.98 Å². The Morgan fingerprint density at radius 1 is 1.22 bits per heavy atom. The van der Waals surface area contributed by atoms with Gasteiger partial charge in [-0.15, -0.1) is 0 Å². The Balaban J connectivity index is 1.65. The van der Waals surface area contributed by atoms with Gasteiger partial charge in [0.15, 0.2) is 0 Å². The van der Waals surface area contributed by atoms with E-state index in [1.165, 1.54) is 4.57 Å². The van der Waals surface area contributed by atoms with Crippen LogP contribution in [-0.4, -0.2) is 39.1 Å². The molecule has 0 amide bonds. The summed E-state index contributed by atoms with van der Waals surface area (Å²) in [5, 5.41) is 25.2. The quantitative estimate of drug-likeness (QED) is 0.274. The summed E-state index contributed by atoms with van der Waals surface area (Å²) in [6.07, 6.45) is 3.19. The second-order valence-corrected chi connectivity index (χ2v) is 10.9. The third kappa shape index (κ3) is 5.42. The minimum absolute atomic E-state index is 0.0597. The highest BCUT2D eigenvalue weighted by atomic mass is 35.5. The summed E-state index contributed by atoms with van der Waals surface area (Å²) in [5.41, 5.74) is 2.31. The number of hydrogen-bond donors (Lipinski definition) is 1. The predicted molar refractivity (Wildman–Crippen MR) is 146 cm³/mol. The maximum Gasteiger partial charge on any atom is 0.270 e. The SMILES string of the molecule is CN(c1c(C#N)c(=O)n(C)c2ccc(Cl)nc12)C1CCC(/C(=N/OC(C)(C)C)c2ccccc2O)CC1. The number of hydrogen-bond acceptors (Lipinski definition) is 7. The average Bonchev–Trinajstić information content (AvgIpc) is 2.86. The Kier molecular flexibility index (Phi) is 7.47. The Bertz CT molecular complexity index is 1440. The van der Waals surface area contributed by atoms with Gasteiger partial charge in [0.05, 0.1) is 16.9 Å². The summed E-state index contributed by atoms with van der Waals surface area (Å²) in [4.78, 5) is 25.3. The standard InChI is InChI=1S/C28H32ClN5O3/c1-28(2,3)37-32-24(19-8-6-7-9-22(19)35)17-10-12-18(13-11-17)33(4)26-20(16-30)27(36)34(5)21-14-15-23(29)31-25(21)26/h6-9,14-15,17-18,35H,10-13H2,1-5H3/b32-24-. The molecule has 1 aliphatic rings. The number of benzene rings is 1. The van der Waals surface area contributed by atoms with Crippen LogP contribution in [0.5, 0.6) is 5.75 Å². The number of halogens is 1. The molecular weight excluding hydrogens is 490 g/mol. The molecule has 0 atom stereocenters. The zero-order chi connectivity index (χ0) is 26.9. The third-order valence-corrected chi connectivity index (χ3v) is 7.08. The summed E-state index contributed by atoms with van der Waals surface area (Å²) in [7, 11) is 3.54. The number of oxime groups is 1. The Hall–Kier alpha value is -3.57. The van der Waals surface area contributed by atoms with Crippen molar-refractivity contribution in [1.29, 1.82) is 5.26 Å². The van der Waals surface area contributed by atoms with Gasteiger partial charge >= 0.3 is 0 Å². The molecule has 2 aromatic heterocycles. The molecule has 0 radical (unpaired) electrons. The highest BCUT2D eigenvalue weighted by Crippen LogP contribution is 2.36. The molecule has 2 heterocycles. The van der Waals surface area contributed by atoms with Crippen LogP contribution in [-0.2, 0) is 11.9 Å². The lowest BCUT2D eigenvalue weighted by Gasteiger charge is -2.37. The van der Waals surface area contributed by atoms with Crippen LogP contribution in [0.1, 0.15) is 57.6 Å². The van der Waals surface area contributed by atoms with Gasteiger partial charge in [0.2, 0.25) is 0 Å². The van der Waals surface area contributed by atoms with Crippen LogP contribution in [0.2, 0.25) is 5.15 Å². The number of aromatic hydroxyl groups is 1. The lowest BCUT2D eigenvalue weighted by atomic mass is 9.80. The Labute approximate surface area is 221 Å². The number of pyridine rings is 2. The van der Waals surface area contributed by atoms with Gasteiger partial charge in [-0.05, 0) is 70.7 Å². The van der Waals surface area contributed by atoms with Crippen molar-refractivity contribution in [3.63, 3.8) is 0 Å². The minimum Gasteiger partial charge on any atom is -0.507 e. The van der Waals surface area contributed by atoms with E-state index in [0.717, 1.165) is 31.4 Å². The summed E-state index contributed by atoms with van der Waals surface area (Å²) in [5.74, 6) is 0.259. The fourth-order valence-electron chi connectivity index (χ4n) is 4.95. The van der Waals surface area contributed by atoms with Crippen LogP contribution >= 0.6 is 11.6 Å². The molecule has 37 heavy (non-hydrogen) atoms. The van der Waals surface area contributed by atoms with Gasteiger partial charge in [-0.1, -0.05) is 28.9 Å². The van der Waals surface area contributed by atoms with Crippen molar-refractivity contribution in [2.45, 2.75) is 58.1 Å². The molecular formula is C28H32ClN5O3. The van der Waals surface area contributed by atoms with Gasteiger partial charge in [0.25, 0.3) is 5.56 Å². The van der Waals surface area contributed by atoms with Crippen molar-refractivity contribution >= 4 is 34.0 Å². The van der Waals surface area contributed by atoms with Crippen molar-refractivity contribution < 1.29 is 9.94 Å². The maximum absolute atomic E-state index is 13.0. The molecule has 0 unspecified atom stereocenters. The fraction of sp³-hybridized carbons (Fsp3) is 0.429. The number of aromatic nitrogens is 2. The second-order valence-electron chi connectivity index (χ2n) is 10.5. The third-order valence-electron chi connectivity index (χ3n) is 6.87. The summed E-state index contributed by atoms with van der Waals surface area (Å²) in [6, 6.07) is 12.8. The zero-order valence-electron chi connectivity index (χ0n) is 21.8. The number of para-hydroxylation sites is 1. The molecule has 8 nitrogen and oxygen atoms in total. The molecule has 1 aromatic carbocycles. The summed E-state index contributed by atoms with van der Waals surface area (Å²) < 4.78 is 1.44. The monoisotopic (exact) mass is 521 g/mol. The smallest absolute Gasteiger partial charge is 0.270 e. The van der Waals surface area contributed by atoms with E-state index in [2.05, 4.69) is 16.2 Å². The Morgan fingerprint density at radius 3 is 2.51 bits per heavy atom. The fourth-order valence-corrected chi connectivity index (χ4v) is 5.10. The topological polar surface area (TPSA) is 104 Å². The van der Waals surface area contributed by atoms with E-state index in [9.17, 15) is 15.2 Å². The predicted octanol–water partition coefficient (Wildman–Crippen LogP) is 5.38. The van der Waals surface area contributed by atoms with Crippen LogP contribution in [0.25, 0.3) is 11.0 Å². The molecule has 0 aliphatic heterocycles. The highest BCUT2D eigenvalue weighted by Gasteiger charge is 2.32. The van der Waals surface area contributed by atoms with Crippen molar-refractivity contribution in [1.82, 2.24) is 9.55 Å². The molecule has 3 aromatic rings. The first-order valence-electron chi connectivity index (χ1n) is 12.4. The molecule has 9 heteroatoms. The number of nitriles is 1. The van der Waals surface area contributed by atoms with Crippen LogP contribution in [0.4, 0.5) is 5.69 Å². The van der Waals surface area contributed by atoms with Crippen molar-refractivity contribution in [3.05, 3.63) is 63.0 Å². The van der Waals surface area contributed by atoms with E-state index >= 15 is 0 Å². The van der Waals surface area contributed by atoms with Crippen molar-refractivity contribution in [2.75, 3.05) is 11.9 Å². The number of aryl methyl sites for hydroxylation is 1. The molecule has 1 fully saturated rings. The number of fused-ring (bicyclic) bond motifs is 1. The summed E-state index contributed by atoms with van der Waals surface area (Å²) >= 11 is 6.21. The molecule has 194 valence electrons. The molecule has 1 saturated carbocycles. The van der Waals surface area contributed by atoms with Gasteiger partial charge in [0.1, 0.15) is 33.7 Å². The van der Waals surface area contributed by atoms with E-state index in [-0.39, 0.29) is 28.8 Å². The van der Waals surface area contributed by atoms with E-state index in [4.69, 9.17) is 16.4 Å². The molecule has 0 bridgehead atoms. The normalized spacial score (nSPS) is 18.5. The molecule has 1 aliphatic carbocycles. The first-order valence-corrected chi connectivity index (χ1v) is 12.8. The first kappa shape index (κ1) is 26.5. The minimum atomic E-state index is -0.463. The van der Waals surface area contributed by atoms with E-state index in [1.54, 1.807) is 31.3 Å². The number of nitrogens with zero attached hydrogens (tertiary/aromatic N) is 5. The van der Waals surface area contributed by atoms with Crippen molar-refractivity contribution in [3.8, 4) is 11.8 Å². The first-order chi connectivity index (χ1) is 17.5. The molecule has 0 saturated heterocycles. The summed E-state index contributed by atoms with van der Waals surface area (Å²) in [6.45, 7) is 5.81.